The van der Waals surface area contributed by atoms with E-state index in [1.807, 2.05) is 4.98 Å². The highest BCUT2D eigenvalue weighted by molar-refractivity contribution is 5.40. The molecule has 0 aliphatic carbocycles. The van der Waals surface area contributed by atoms with E-state index in [1.165, 1.54) is 0 Å². The average Bonchev–Trinajstić information content (AvgIpc) is 1.83. The van der Waals surface area contributed by atoms with Gasteiger partial charge < -0.3 is 10.7 Å². The molecule has 0 spiro atoms. The van der Waals surface area contributed by atoms with Crippen molar-refractivity contribution in [2.45, 2.75) is 6.18 Å². The van der Waals surface area contributed by atoms with Gasteiger partial charge in [-0.05, 0) is 6.07 Å². The lowest BCUT2D eigenvalue weighted by atomic mass is 10.2. The fraction of sp³-hybridized carbons (Fsp3) is 0.167. The van der Waals surface area contributed by atoms with Crippen molar-refractivity contribution in [1.82, 2.24) is 4.98 Å². The Morgan fingerprint density at radius 1 is 1.33 bits per heavy atom. The molecule has 0 saturated heterocycles. The van der Waals surface area contributed by atoms with Crippen molar-refractivity contribution in [1.29, 1.82) is 0 Å². The zero-order valence-electron chi connectivity index (χ0n) is 5.77. The molecular formula is C6H5F3N2O. The summed E-state index contributed by atoms with van der Waals surface area (Å²) < 4.78 is 35.9. The minimum atomic E-state index is -4.52. The molecule has 3 N–H and O–H groups in total. The minimum absolute atomic E-state index is 0.647. The van der Waals surface area contributed by atoms with E-state index in [9.17, 15) is 18.0 Å². The topological polar surface area (TPSA) is 58.9 Å². The maximum absolute atomic E-state index is 12.0. The van der Waals surface area contributed by atoms with Gasteiger partial charge in [-0.25, -0.2) is 0 Å². The number of hydrogen-bond acceptors (Lipinski definition) is 2. The molecule has 0 fully saturated rings. The van der Waals surface area contributed by atoms with E-state index in [4.69, 9.17) is 5.73 Å². The van der Waals surface area contributed by atoms with Gasteiger partial charge >= 0.3 is 6.18 Å². The molecule has 0 unspecified atom stereocenters. The van der Waals surface area contributed by atoms with E-state index >= 15 is 0 Å². The standard InChI is InChI=1S/C6H5F3N2O/c7-6(8,9)3-1-2-4(12)11-5(3)10/h1-2H,(H3,10,11,12). The second-order valence-corrected chi connectivity index (χ2v) is 2.15. The Morgan fingerprint density at radius 2 is 1.92 bits per heavy atom. The highest BCUT2D eigenvalue weighted by Gasteiger charge is 2.33. The smallest absolute Gasteiger partial charge is 0.385 e. The lowest BCUT2D eigenvalue weighted by Crippen LogP contribution is -2.15. The first-order chi connectivity index (χ1) is 5.41. The van der Waals surface area contributed by atoms with E-state index in [1.54, 1.807) is 0 Å². The largest absolute Gasteiger partial charge is 0.419 e. The number of H-pyrrole nitrogens is 1. The van der Waals surface area contributed by atoms with Crippen LogP contribution in [0.25, 0.3) is 0 Å². The van der Waals surface area contributed by atoms with Gasteiger partial charge in [0.05, 0.1) is 5.56 Å². The second-order valence-electron chi connectivity index (χ2n) is 2.15. The van der Waals surface area contributed by atoms with Crippen molar-refractivity contribution in [3.05, 3.63) is 28.0 Å². The summed E-state index contributed by atoms with van der Waals surface area (Å²) in [6, 6.07) is 1.42. The summed E-state index contributed by atoms with van der Waals surface area (Å²) >= 11 is 0. The van der Waals surface area contributed by atoms with Crippen LogP contribution in [0.2, 0.25) is 0 Å². The fourth-order valence-corrected chi connectivity index (χ4v) is 0.738. The SMILES string of the molecule is Nc1[nH]c(=O)ccc1C(F)(F)F. The number of pyridine rings is 1. The van der Waals surface area contributed by atoms with Crippen molar-refractivity contribution < 1.29 is 13.2 Å². The molecule has 0 aliphatic heterocycles. The molecular weight excluding hydrogens is 173 g/mol. The molecule has 0 bridgehead atoms. The summed E-state index contributed by atoms with van der Waals surface area (Å²) in [5.74, 6) is -0.657. The van der Waals surface area contributed by atoms with Crippen LogP contribution < -0.4 is 11.3 Å². The van der Waals surface area contributed by atoms with Crippen LogP contribution in [0.1, 0.15) is 5.56 Å². The molecule has 66 valence electrons. The summed E-state index contributed by atoms with van der Waals surface area (Å²) in [6.45, 7) is 0. The van der Waals surface area contributed by atoms with Crippen LogP contribution >= 0.6 is 0 Å². The predicted molar refractivity (Wildman–Crippen MR) is 36.5 cm³/mol. The van der Waals surface area contributed by atoms with E-state index < -0.39 is 23.1 Å². The maximum Gasteiger partial charge on any atom is 0.419 e. The number of halogens is 3. The Hall–Kier alpha value is -1.46. The maximum atomic E-state index is 12.0. The van der Waals surface area contributed by atoms with Crippen LogP contribution in [-0.2, 0) is 6.18 Å². The molecule has 0 atom stereocenters. The van der Waals surface area contributed by atoms with Crippen LogP contribution in [0.4, 0.5) is 19.0 Å². The van der Waals surface area contributed by atoms with Gasteiger partial charge in [-0.2, -0.15) is 13.2 Å². The zero-order valence-corrected chi connectivity index (χ0v) is 5.77. The van der Waals surface area contributed by atoms with Crippen molar-refractivity contribution >= 4 is 5.82 Å². The van der Waals surface area contributed by atoms with Crippen molar-refractivity contribution in [3.63, 3.8) is 0 Å². The highest BCUT2D eigenvalue weighted by Crippen LogP contribution is 2.31. The molecule has 1 aromatic heterocycles. The van der Waals surface area contributed by atoms with Crippen LogP contribution in [0.3, 0.4) is 0 Å². The molecule has 0 amide bonds. The van der Waals surface area contributed by atoms with Gasteiger partial charge in [-0.3, -0.25) is 4.79 Å². The normalized spacial score (nSPS) is 11.6. The Morgan fingerprint density at radius 3 is 2.33 bits per heavy atom. The fourth-order valence-electron chi connectivity index (χ4n) is 0.738. The van der Waals surface area contributed by atoms with Crippen LogP contribution in [0.5, 0.6) is 0 Å². The minimum Gasteiger partial charge on any atom is -0.385 e. The van der Waals surface area contributed by atoms with E-state index in [-0.39, 0.29) is 0 Å². The van der Waals surface area contributed by atoms with Crippen LogP contribution in [-0.4, -0.2) is 4.98 Å². The third-order valence-electron chi connectivity index (χ3n) is 1.25. The Kier molecular flexibility index (Phi) is 1.83. The Labute approximate surface area is 65.0 Å². The number of nitrogens with one attached hydrogen (secondary N) is 1. The van der Waals surface area contributed by atoms with Crippen LogP contribution in [0.15, 0.2) is 16.9 Å². The molecule has 0 radical (unpaired) electrons. The number of aromatic nitrogens is 1. The van der Waals surface area contributed by atoms with Gasteiger partial charge in [-0.1, -0.05) is 0 Å². The summed E-state index contributed by atoms with van der Waals surface area (Å²) in [6.07, 6.45) is -4.52. The first-order valence-electron chi connectivity index (χ1n) is 2.97. The lowest BCUT2D eigenvalue weighted by Gasteiger charge is -2.07. The van der Waals surface area contributed by atoms with Gasteiger partial charge in [-0.15, -0.1) is 0 Å². The number of rotatable bonds is 0. The summed E-state index contributed by atoms with van der Waals surface area (Å²) in [4.78, 5) is 12.3. The number of anilines is 1. The van der Waals surface area contributed by atoms with E-state index in [0.29, 0.717) is 6.07 Å². The lowest BCUT2D eigenvalue weighted by molar-refractivity contribution is -0.137. The summed E-state index contributed by atoms with van der Waals surface area (Å²) in [5.41, 5.74) is 3.25. The molecule has 0 saturated carbocycles. The molecule has 1 rings (SSSR count). The van der Waals surface area contributed by atoms with Gasteiger partial charge in [0.1, 0.15) is 5.82 Å². The molecule has 12 heavy (non-hydrogen) atoms. The Balaban J connectivity index is 3.28. The van der Waals surface area contributed by atoms with Crippen molar-refractivity contribution in [2.75, 3.05) is 5.73 Å². The Bertz CT molecular complexity index is 341. The second kappa shape index (κ2) is 2.54. The monoisotopic (exact) mass is 178 g/mol. The van der Waals surface area contributed by atoms with Crippen molar-refractivity contribution in [3.8, 4) is 0 Å². The quantitative estimate of drug-likeness (QED) is 0.622. The molecule has 1 heterocycles. The van der Waals surface area contributed by atoms with Gasteiger partial charge in [0.2, 0.25) is 5.56 Å². The first kappa shape index (κ1) is 8.63. The number of hydrogen-bond donors (Lipinski definition) is 2. The van der Waals surface area contributed by atoms with Crippen molar-refractivity contribution in [2.24, 2.45) is 0 Å². The molecule has 0 aromatic carbocycles. The third-order valence-corrected chi connectivity index (χ3v) is 1.25. The third kappa shape index (κ3) is 1.58. The molecule has 3 nitrogen and oxygen atoms in total. The average molecular weight is 178 g/mol. The number of alkyl halides is 3. The molecule has 0 aliphatic rings. The highest BCUT2D eigenvalue weighted by atomic mass is 19.4. The predicted octanol–water partition coefficient (Wildman–Crippen LogP) is 0.976. The summed E-state index contributed by atoms with van der Waals surface area (Å²) in [5, 5.41) is 0. The first-order valence-corrected chi connectivity index (χ1v) is 2.97. The van der Waals surface area contributed by atoms with E-state index in [2.05, 4.69) is 0 Å². The number of aromatic amines is 1. The van der Waals surface area contributed by atoms with Crippen LogP contribution in [0, 0.1) is 0 Å². The molecule has 1 aromatic rings. The number of nitrogens with two attached hydrogens (primary N) is 1. The van der Waals surface area contributed by atoms with E-state index in [0.717, 1.165) is 6.07 Å². The number of nitrogen functional groups attached to an aromatic ring is 1. The summed E-state index contributed by atoms with van der Waals surface area (Å²) in [7, 11) is 0. The van der Waals surface area contributed by atoms with Gasteiger partial charge in [0.25, 0.3) is 0 Å². The molecule has 6 heteroatoms. The van der Waals surface area contributed by atoms with Gasteiger partial charge in [0.15, 0.2) is 0 Å². The van der Waals surface area contributed by atoms with Gasteiger partial charge in [0, 0.05) is 6.07 Å². The zero-order chi connectivity index (χ0) is 9.35.